The van der Waals surface area contributed by atoms with Crippen LogP contribution in [-0.4, -0.2) is 67.2 Å². The van der Waals surface area contributed by atoms with Crippen LogP contribution in [-0.2, 0) is 13.0 Å². The van der Waals surface area contributed by atoms with Crippen molar-refractivity contribution in [3.05, 3.63) is 61.3 Å². The van der Waals surface area contributed by atoms with Crippen LogP contribution in [0.4, 0.5) is 5.69 Å². The van der Waals surface area contributed by atoms with Crippen LogP contribution in [0.1, 0.15) is 80.6 Å². The Kier molecular flexibility index (Phi) is 7.91. The van der Waals surface area contributed by atoms with Gasteiger partial charge in [-0.2, -0.15) is 0 Å². The Morgan fingerprint density at radius 2 is 1.12 bits per heavy atom. The van der Waals surface area contributed by atoms with Gasteiger partial charge in [-0.25, -0.2) is 0 Å². The first-order valence-electron chi connectivity index (χ1n) is 15.7. The van der Waals surface area contributed by atoms with Gasteiger partial charge in [-0.3, -0.25) is 0 Å². The molecule has 3 aromatic rings. The van der Waals surface area contributed by atoms with Crippen LogP contribution in [0.5, 0.6) is 0 Å². The minimum Gasteiger partial charge on any atom is -0.366 e. The number of fused-ring (bicyclic) bond motifs is 6. The Labute approximate surface area is 244 Å². The summed E-state index contributed by atoms with van der Waals surface area (Å²) in [5.41, 5.74) is 19.7. The van der Waals surface area contributed by atoms with Crippen LogP contribution in [0, 0.1) is 62.3 Å². The lowest BCUT2D eigenvalue weighted by molar-refractivity contribution is 0.342. The van der Waals surface area contributed by atoms with Gasteiger partial charge in [-0.05, 0) is 145 Å². The highest BCUT2D eigenvalue weighted by Crippen LogP contribution is 2.48. The smallest absolute Gasteiger partial charge is 0.0520 e. The van der Waals surface area contributed by atoms with E-state index in [4.69, 9.17) is 0 Å². The van der Waals surface area contributed by atoms with Gasteiger partial charge in [-0.1, -0.05) is 6.92 Å². The maximum Gasteiger partial charge on any atom is 0.0520 e. The van der Waals surface area contributed by atoms with Crippen molar-refractivity contribution in [1.82, 2.24) is 14.4 Å². The maximum atomic E-state index is 2.72. The van der Waals surface area contributed by atoms with Crippen molar-refractivity contribution >= 4 is 16.6 Å². The zero-order valence-corrected chi connectivity index (χ0v) is 27.6. The summed E-state index contributed by atoms with van der Waals surface area (Å²) in [6.45, 7) is 30.2. The second kappa shape index (κ2) is 10.8. The molecule has 0 bridgehead atoms. The van der Waals surface area contributed by atoms with E-state index >= 15 is 0 Å². The van der Waals surface area contributed by atoms with E-state index in [2.05, 4.69) is 103 Å². The van der Waals surface area contributed by atoms with E-state index in [0.29, 0.717) is 12.0 Å². The molecule has 218 valence electrons. The molecule has 4 nitrogen and oxygen atoms in total. The van der Waals surface area contributed by atoms with Gasteiger partial charge in [0.1, 0.15) is 0 Å². The first-order valence-corrected chi connectivity index (χ1v) is 15.7. The molecule has 0 saturated carbocycles. The van der Waals surface area contributed by atoms with Gasteiger partial charge < -0.3 is 19.3 Å². The van der Waals surface area contributed by atoms with Crippen molar-refractivity contribution in [2.45, 2.75) is 101 Å². The molecule has 0 spiro atoms. The molecular weight excluding hydrogens is 488 g/mol. The zero-order chi connectivity index (χ0) is 29.2. The molecule has 1 aromatic heterocycles. The number of hydrogen-bond donors (Lipinski definition) is 0. The Balaban J connectivity index is 0.000000161. The van der Waals surface area contributed by atoms with Gasteiger partial charge in [0.05, 0.1) is 5.52 Å². The van der Waals surface area contributed by atoms with Crippen molar-refractivity contribution in [1.29, 1.82) is 0 Å². The summed E-state index contributed by atoms with van der Waals surface area (Å²) in [5.74, 6) is 0.675. The van der Waals surface area contributed by atoms with Gasteiger partial charge in [0, 0.05) is 67.9 Å². The standard InChI is InChI=1S/C18H28N2.C18H26N2/c2*1-11-12(2)14(4)18-17(13(11)3)15(5)16-7-8-19(6)9-10-20(16)18/h15-16H,7-10H2,1-6H3;7-10H2,1-6H3. The minimum absolute atomic E-state index is 0.675. The molecule has 6 rings (SSSR count). The number of rotatable bonds is 0. The third kappa shape index (κ3) is 4.50. The molecule has 4 heterocycles. The minimum atomic E-state index is 0.675. The van der Waals surface area contributed by atoms with Gasteiger partial charge in [-0.15, -0.1) is 0 Å². The Morgan fingerprint density at radius 1 is 0.550 bits per heavy atom. The molecule has 2 atom stereocenters. The van der Waals surface area contributed by atoms with Crippen LogP contribution in [0.15, 0.2) is 0 Å². The molecule has 1 fully saturated rings. The number of anilines is 1. The largest absolute Gasteiger partial charge is 0.366 e. The molecular formula is C36H54N4. The molecule has 0 aliphatic carbocycles. The second-order valence-electron chi connectivity index (χ2n) is 13.4. The summed E-state index contributed by atoms with van der Waals surface area (Å²) in [4.78, 5) is 7.65. The Hall–Kier alpha value is -2.30. The van der Waals surface area contributed by atoms with Gasteiger partial charge >= 0.3 is 0 Å². The molecule has 40 heavy (non-hydrogen) atoms. The third-order valence-corrected chi connectivity index (χ3v) is 11.4. The molecule has 0 amide bonds. The zero-order valence-electron chi connectivity index (χ0n) is 27.6. The molecule has 4 heteroatoms. The summed E-state index contributed by atoms with van der Waals surface area (Å²) >= 11 is 0. The van der Waals surface area contributed by atoms with E-state index in [-0.39, 0.29) is 0 Å². The summed E-state index contributed by atoms with van der Waals surface area (Å²) in [6.07, 6.45) is 2.47. The maximum absolute atomic E-state index is 2.72. The average molecular weight is 543 g/mol. The van der Waals surface area contributed by atoms with Crippen LogP contribution in [0.3, 0.4) is 0 Å². The number of aryl methyl sites for hydroxylation is 3. The van der Waals surface area contributed by atoms with Crippen molar-refractivity contribution in [3.8, 4) is 0 Å². The second-order valence-corrected chi connectivity index (χ2v) is 13.4. The normalized spacial score (nSPS) is 21.4. The summed E-state index contributed by atoms with van der Waals surface area (Å²) < 4.78 is 2.60. The van der Waals surface area contributed by atoms with E-state index in [9.17, 15) is 0 Å². The molecule has 3 aliphatic heterocycles. The van der Waals surface area contributed by atoms with Crippen LogP contribution >= 0.6 is 0 Å². The monoisotopic (exact) mass is 542 g/mol. The summed E-state index contributed by atoms with van der Waals surface area (Å²) in [5, 5.41) is 1.52. The number of hydrogen-bond acceptors (Lipinski definition) is 3. The van der Waals surface area contributed by atoms with Crippen molar-refractivity contribution < 1.29 is 0 Å². The van der Waals surface area contributed by atoms with Crippen LogP contribution < -0.4 is 4.90 Å². The fraction of sp³-hybridized carbons (Fsp3) is 0.611. The lowest BCUT2D eigenvalue weighted by Gasteiger charge is -2.28. The molecule has 2 unspecified atom stereocenters. The highest BCUT2D eigenvalue weighted by atomic mass is 15.3. The number of aromatic nitrogens is 1. The van der Waals surface area contributed by atoms with Gasteiger partial charge in [0.25, 0.3) is 0 Å². The molecule has 1 saturated heterocycles. The fourth-order valence-corrected chi connectivity index (χ4v) is 8.12. The number of nitrogens with zero attached hydrogens (tertiary/aromatic N) is 4. The van der Waals surface area contributed by atoms with Crippen molar-refractivity contribution in [2.75, 3.05) is 51.7 Å². The van der Waals surface area contributed by atoms with Crippen LogP contribution in [0.25, 0.3) is 10.9 Å². The first kappa shape index (κ1) is 29.2. The van der Waals surface area contributed by atoms with E-state index in [1.165, 1.54) is 100.0 Å². The van der Waals surface area contributed by atoms with E-state index in [1.807, 2.05) is 0 Å². The number of benzene rings is 2. The van der Waals surface area contributed by atoms with Gasteiger partial charge in [0.15, 0.2) is 0 Å². The lowest BCUT2D eigenvalue weighted by atomic mass is 9.86. The topological polar surface area (TPSA) is 14.7 Å². The average Bonchev–Trinajstić information content (AvgIpc) is 3.15. The SMILES string of the molecule is Cc1c(C)c(C)c2c(c1C)C(C)C1CCN(C)CCN21.Cc1c(C)c(C)c2c(c1C)c(C)c1n2CCN(C)CC1. The van der Waals surface area contributed by atoms with E-state index in [0.717, 1.165) is 13.1 Å². The predicted octanol–water partition coefficient (Wildman–Crippen LogP) is 7.22. The first-order chi connectivity index (χ1) is 18.9. The molecule has 3 aliphatic rings. The molecule has 0 N–H and O–H groups in total. The van der Waals surface area contributed by atoms with E-state index in [1.54, 1.807) is 16.9 Å². The lowest BCUT2D eigenvalue weighted by Crippen LogP contribution is -2.34. The van der Waals surface area contributed by atoms with E-state index < -0.39 is 0 Å². The quantitative estimate of drug-likeness (QED) is 0.298. The van der Waals surface area contributed by atoms with Crippen molar-refractivity contribution in [2.24, 2.45) is 0 Å². The van der Waals surface area contributed by atoms with Gasteiger partial charge in [0.2, 0.25) is 0 Å². The Morgan fingerprint density at radius 3 is 1.82 bits per heavy atom. The summed E-state index contributed by atoms with van der Waals surface area (Å²) in [7, 11) is 4.49. The molecule has 0 radical (unpaired) electrons. The predicted molar refractivity (Wildman–Crippen MR) is 174 cm³/mol. The fourth-order valence-electron chi connectivity index (χ4n) is 8.12. The third-order valence-electron chi connectivity index (χ3n) is 11.4. The Bertz CT molecular complexity index is 1460. The number of likely N-dealkylation sites (N-methyl/N-ethyl adjacent to an activating group) is 2. The highest BCUT2D eigenvalue weighted by molar-refractivity contribution is 5.93. The highest BCUT2D eigenvalue weighted by Gasteiger charge is 2.39. The van der Waals surface area contributed by atoms with Crippen molar-refractivity contribution in [3.63, 3.8) is 0 Å². The molecule has 2 aromatic carbocycles. The summed E-state index contributed by atoms with van der Waals surface area (Å²) in [6, 6.07) is 0.702. The van der Waals surface area contributed by atoms with Crippen LogP contribution in [0.2, 0.25) is 0 Å².